The summed E-state index contributed by atoms with van der Waals surface area (Å²) < 4.78 is 13.6. The molecule has 5 heteroatoms. The number of amides is 1. The Kier molecular flexibility index (Phi) is 3.14. The molecular weight excluding hydrogens is 247 g/mol. The van der Waals surface area contributed by atoms with Crippen molar-refractivity contribution in [3.63, 3.8) is 0 Å². The van der Waals surface area contributed by atoms with E-state index >= 15 is 0 Å². The Morgan fingerprint density at radius 1 is 1.37 bits per heavy atom. The summed E-state index contributed by atoms with van der Waals surface area (Å²) in [6.07, 6.45) is 3.38. The number of carbonyl (C=O) groups is 1. The molecule has 1 aromatic carbocycles. The Morgan fingerprint density at radius 3 is 2.84 bits per heavy atom. The first-order valence-corrected chi connectivity index (χ1v) is 6.67. The fourth-order valence-electron chi connectivity index (χ4n) is 2.67. The average Bonchev–Trinajstić information content (AvgIpc) is 3.10. The third kappa shape index (κ3) is 2.56. The van der Waals surface area contributed by atoms with Crippen LogP contribution in [0.2, 0.25) is 0 Å². The number of hydrogen-bond donors (Lipinski definition) is 2. The molecule has 0 spiro atoms. The minimum Gasteiger partial charge on any atom is -0.507 e. The van der Waals surface area contributed by atoms with Crippen LogP contribution in [0.25, 0.3) is 0 Å². The molecule has 1 amide bonds. The van der Waals surface area contributed by atoms with Crippen LogP contribution < -0.4 is 5.32 Å². The Labute approximate surface area is 111 Å². The fourth-order valence-corrected chi connectivity index (χ4v) is 2.67. The zero-order valence-electron chi connectivity index (χ0n) is 10.6. The molecule has 1 aliphatic carbocycles. The minimum absolute atomic E-state index is 0.0482. The molecule has 1 unspecified atom stereocenters. The smallest absolute Gasteiger partial charge is 0.258 e. The van der Waals surface area contributed by atoms with E-state index in [9.17, 15) is 14.3 Å². The van der Waals surface area contributed by atoms with Crippen molar-refractivity contribution in [2.24, 2.45) is 0 Å². The lowest BCUT2D eigenvalue weighted by molar-refractivity contribution is 0.0930. The molecule has 4 nitrogen and oxygen atoms in total. The normalized spacial score (nSPS) is 23.5. The van der Waals surface area contributed by atoms with Crippen LogP contribution in [0.15, 0.2) is 18.2 Å². The lowest BCUT2D eigenvalue weighted by Crippen LogP contribution is -2.37. The van der Waals surface area contributed by atoms with Crippen LogP contribution in [0.4, 0.5) is 4.39 Å². The Hall–Kier alpha value is -1.62. The minimum atomic E-state index is -0.686. The molecule has 2 fully saturated rings. The SMILES string of the molecule is O=C(NC1CCN(C2CC2)C1)c1c(O)cccc1F. The number of halogens is 1. The molecule has 1 saturated heterocycles. The maximum absolute atomic E-state index is 13.6. The second kappa shape index (κ2) is 4.81. The molecule has 102 valence electrons. The van der Waals surface area contributed by atoms with Gasteiger partial charge in [0.25, 0.3) is 5.91 Å². The number of benzene rings is 1. The molecule has 19 heavy (non-hydrogen) atoms. The molecule has 0 radical (unpaired) electrons. The Balaban J connectivity index is 1.65. The number of hydrogen-bond acceptors (Lipinski definition) is 3. The zero-order chi connectivity index (χ0) is 13.4. The highest BCUT2D eigenvalue weighted by atomic mass is 19.1. The van der Waals surface area contributed by atoms with Gasteiger partial charge < -0.3 is 10.4 Å². The van der Waals surface area contributed by atoms with Gasteiger partial charge in [0.2, 0.25) is 0 Å². The van der Waals surface area contributed by atoms with Gasteiger partial charge >= 0.3 is 0 Å². The zero-order valence-corrected chi connectivity index (χ0v) is 10.6. The monoisotopic (exact) mass is 264 g/mol. The van der Waals surface area contributed by atoms with E-state index in [1.54, 1.807) is 0 Å². The second-order valence-corrected chi connectivity index (χ2v) is 5.32. The van der Waals surface area contributed by atoms with Crippen molar-refractivity contribution < 1.29 is 14.3 Å². The highest BCUT2D eigenvalue weighted by molar-refractivity contribution is 5.97. The molecule has 1 heterocycles. The second-order valence-electron chi connectivity index (χ2n) is 5.32. The summed E-state index contributed by atoms with van der Waals surface area (Å²) in [4.78, 5) is 14.4. The van der Waals surface area contributed by atoms with Gasteiger partial charge in [-0.05, 0) is 31.4 Å². The number of nitrogens with one attached hydrogen (secondary N) is 1. The molecule has 1 atom stereocenters. The number of phenolic OH excluding ortho intramolecular Hbond substituents is 1. The van der Waals surface area contributed by atoms with Crippen LogP contribution in [0, 0.1) is 5.82 Å². The quantitative estimate of drug-likeness (QED) is 0.870. The molecule has 2 aliphatic rings. The predicted molar refractivity (Wildman–Crippen MR) is 68.5 cm³/mol. The van der Waals surface area contributed by atoms with E-state index in [0.717, 1.165) is 19.5 Å². The third-order valence-electron chi connectivity index (χ3n) is 3.84. The van der Waals surface area contributed by atoms with Crippen LogP contribution >= 0.6 is 0 Å². The summed E-state index contributed by atoms with van der Waals surface area (Å²) in [5.74, 6) is -1.53. The van der Waals surface area contributed by atoms with Crippen molar-refractivity contribution in [3.8, 4) is 5.75 Å². The molecule has 1 aromatic rings. The van der Waals surface area contributed by atoms with Crippen molar-refractivity contribution >= 4 is 5.91 Å². The Bertz CT molecular complexity index is 482. The van der Waals surface area contributed by atoms with Crippen LogP contribution in [0.1, 0.15) is 29.6 Å². The van der Waals surface area contributed by atoms with Crippen molar-refractivity contribution in [2.45, 2.75) is 31.3 Å². The van der Waals surface area contributed by atoms with Crippen LogP contribution in [-0.2, 0) is 0 Å². The van der Waals surface area contributed by atoms with Crippen LogP contribution in [0.3, 0.4) is 0 Å². The first-order chi connectivity index (χ1) is 9.15. The van der Waals surface area contributed by atoms with Crippen molar-refractivity contribution in [1.29, 1.82) is 0 Å². The summed E-state index contributed by atoms with van der Waals surface area (Å²) in [5, 5.41) is 12.4. The number of phenols is 1. The molecule has 1 aliphatic heterocycles. The maximum Gasteiger partial charge on any atom is 0.258 e. The number of carbonyl (C=O) groups excluding carboxylic acids is 1. The Morgan fingerprint density at radius 2 is 2.16 bits per heavy atom. The maximum atomic E-state index is 13.6. The number of likely N-dealkylation sites (tertiary alicyclic amines) is 1. The molecule has 0 aromatic heterocycles. The first kappa shape index (κ1) is 12.4. The summed E-state index contributed by atoms with van der Waals surface area (Å²) in [6.45, 7) is 1.81. The van der Waals surface area contributed by atoms with Gasteiger partial charge in [-0.3, -0.25) is 9.69 Å². The van der Waals surface area contributed by atoms with Gasteiger partial charge in [0.15, 0.2) is 0 Å². The highest BCUT2D eigenvalue weighted by Gasteiger charge is 2.35. The van der Waals surface area contributed by atoms with Gasteiger partial charge in [-0.25, -0.2) is 4.39 Å². The highest BCUT2D eigenvalue weighted by Crippen LogP contribution is 2.30. The van der Waals surface area contributed by atoms with E-state index < -0.39 is 11.7 Å². The fraction of sp³-hybridized carbons (Fsp3) is 0.500. The van der Waals surface area contributed by atoms with Gasteiger partial charge in [0.1, 0.15) is 17.1 Å². The molecule has 1 saturated carbocycles. The van der Waals surface area contributed by atoms with Crippen LogP contribution in [-0.4, -0.2) is 41.1 Å². The van der Waals surface area contributed by atoms with Crippen molar-refractivity contribution in [1.82, 2.24) is 10.2 Å². The number of aromatic hydroxyl groups is 1. The van der Waals surface area contributed by atoms with Crippen molar-refractivity contribution in [2.75, 3.05) is 13.1 Å². The topological polar surface area (TPSA) is 52.6 Å². The van der Waals surface area contributed by atoms with Gasteiger partial charge in [-0.15, -0.1) is 0 Å². The van der Waals surface area contributed by atoms with Gasteiger partial charge in [-0.2, -0.15) is 0 Å². The number of rotatable bonds is 3. The van der Waals surface area contributed by atoms with E-state index in [4.69, 9.17) is 0 Å². The lowest BCUT2D eigenvalue weighted by Gasteiger charge is -2.16. The van der Waals surface area contributed by atoms with Crippen molar-refractivity contribution in [3.05, 3.63) is 29.6 Å². The summed E-state index contributed by atoms with van der Waals surface area (Å²) in [5.41, 5.74) is -0.257. The largest absolute Gasteiger partial charge is 0.507 e. The standard InChI is InChI=1S/C14H17FN2O2/c15-11-2-1-3-12(18)13(11)14(19)16-9-6-7-17(8-9)10-4-5-10/h1-3,9-10,18H,4-8H2,(H,16,19). The average molecular weight is 264 g/mol. The molecular formula is C14H17FN2O2. The van der Waals surface area contributed by atoms with E-state index in [0.29, 0.717) is 6.04 Å². The summed E-state index contributed by atoms with van der Waals surface area (Å²) >= 11 is 0. The summed E-state index contributed by atoms with van der Waals surface area (Å²) in [6, 6.07) is 4.62. The first-order valence-electron chi connectivity index (χ1n) is 6.67. The van der Waals surface area contributed by atoms with E-state index in [1.807, 2.05) is 0 Å². The summed E-state index contributed by atoms with van der Waals surface area (Å²) in [7, 11) is 0. The molecule has 0 bridgehead atoms. The third-order valence-corrected chi connectivity index (χ3v) is 3.84. The van der Waals surface area contributed by atoms with Gasteiger partial charge in [0, 0.05) is 25.2 Å². The van der Waals surface area contributed by atoms with E-state index in [2.05, 4.69) is 10.2 Å². The molecule has 2 N–H and O–H groups in total. The van der Waals surface area contributed by atoms with Gasteiger partial charge in [-0.1, -0.05) is 6.07 Å². The van der Waals surface area contributed by atoms with Crippen LogP contribution in [0.5, 0.6) is 5.75 Å². The van der Waals surface area contributed by atoms with Gasteiger partial charge in [0.05, 0.1) is 0 Å². The van der Waals surface area contributed by atoms with E-state index in [1.165, 1.54) is 31.0 Å². The van der Waals surface area contributed by atoms with E-state index in [-0.39, 0.29) is 17.4 Å². The molecule has 3 rings (SSSR count). The lowest BCUT2D eigenvalue weighted by atomic mass is 10.1. The predicted octanol–water partition coefficient (Wildman–Crippen LogP) is 1.50. The number of nitrogens with zero attached hydrogens (tertiary/aromatic N) is 1.